The number of carbonyl (C=O) groups excluding carboxylic acids is 1. The van der Waals surface area contributed by atoms with Crippen molar-refractivity contribution in [1.82, 2.24) is 15.5 Å². The highest BCUT2D eigenvalue weighted by Crippen LogP contribution is 2.35. The fourth-order valence-corrected chi connectivity index (χ4v) is 3.64. The number of aromatic nitrogens is 2. The van der Waals surface area contributed by atoms with Crippen molar-refractivity contribution in [3.05, 3.63) is 36.0 Å². The molecule has 1 aromatic heterocycles. The molecule has 1 fully saturated rings. The van der Waals surface area contributed by atoms with E-state index in [1.54, 1.807) is 6.92 Å². The smallest absolute Gasteiger partial charge is 0.223 e. The Morgan fingerprint density at radius 1 is 1.18 bits per heavy atom. The molecule has 0 unspecified atom stereocenters. The zero-order chi connectivity index (χ0) is 19.8. The number of nitrogens with zero attached hydrogens (tertiary/aromatic N) is 2. The number of ether oxygens (including phenoxy) is 2. The molecule has 7 heteroatoms. The maximum Gasteiger partial charge on any atom is 0.223 e. The monoisotopic (exact) mass is 387 g/mol. The molecule has 0 saturated heterocycles. The molecule has 1 aliphatic rings. The van der Waals surface area contributed by atoms with E-state index in [4.69, 9.17) is 14.0 Å². The molecule has 2 aromatic rings. The van der Waals surface area contributed by atoms with Gasteiger partial charge in [0.1, 0.15) is 5.54 Å². The Labute approximate surface area is 165 Å². The predicted octanol–water partition coefficient (Wildman–Crippen LogP) is 3.91. The van der Waals surface area contributed by atoms with Crippen molar-refractivity contribution in [3.63, 3.8) is 0 Å². The van der Waals surface area contributed by atoms with Gasteiger partial charge in [-0.3, -0.25) is 4.79 Å². The number of hydrogen-bond acceptors (Lipinski definition) is 6. The van der Waals surface area contributed by atoms with Crippen molar-refractivity contribution in [3.8, 4) is 11.5 Å². The lowest BCUT2D eigenvalue weighted by molar-refractivity contribution is -0.124. The average Bonchev–Trinajstić information content (AvgIpc) is 3.14. The second kappa shape index (κ2) is 9.57. The van der Waals surface area contributed by atoms with E-state index in [0.717, 1.165) is 31.4 Å². The van der Waals surface area contributed by atoms with Crippen molar-refractivity contribution < 1.29 is 18.8 Å². The molecule has 28 heavy (non-hydrogen) atoms. The molecule has 0 bridgehead atoms. The van der Waals surface area contributed by atoms with E-state index in [0.29, 0.717) is 43.5 Å². The first-order chi connectivity index (χ1) is 13.6. The summed E-state index contributed by atoms with van der Waals surface area (Å²) >= 11 is 0. The molecule has 1 saturated carbocycles. The van der Waals surface area contributed by atoms with Crippen LogP contribution in [0.2, 0.25) is 0 Å². The number of nitrogens with one attached hydrogen (secondary N) is 1. The lowest BCUT2D eigenvalue weighted by Crippen LogP contribution is -2.48. The molecule has 3 rings (SSSR count). The molecule has 152 valence electrons. The van der Waals surface area contributed by atoms with Gasteiger partial charge in [-0.1, -0.05) is 36.6 Å². The summed E-state index contributed by atoms with van der Waals surface area (Å²) in [5.74, 6) is 2.54. The lowest BCUT2D eigenvalue weighted by Gasteiger charge is -2.35. The number of benzene rings is 1. The quantitative estimate of drug-likeness (QED) is 0.657. The predicted molar refractivity (Wildman–Crippen MR) is 104 cm³/mol. The Hall–Kier alpha value is -2.57. The third kappa shape index (κ3) is 5.03. The van der Waals surface area contributed by atoms with E-state index >= 15 is 0 Å². The fraction of sp³-hybridized carbons (Fsp3) is 0.571. The highest BCUT2D eigenvalue weighted by Gasteiger charge is 2.39. The minimum absolute atomic E-state index is 0.00829. The van der Waals surface area contributed by atoms with E-state index in [2.05, 4.69) is 15.5 Å². The van der Waals surface area contributed by atoms with Crippen LogP contribution in [0.15, 0.2) is 28.8 Å². The molecular weight excluding hydrogens is 358 g/mol. The van der Waals surface area contributed by atoms with Gasteiger partial charge in [-0.2, -0.15) is 4.98 Å². The first-order valence-corrected chi connectivity index (χ1v) is 10.1. The lowest BCUT2D eigenvalue weighted by atomic mass is 9.81. The topological polar surface area (TPSA) is 86.5 Å². The fourth-order valence-electron chi connectivity index (χ4n) is 3.64. The summed E-state index contributed by atoms with van der Waals surface area (Å²) < 4.78 is 16.5. The highest BCUT2D eigenvalue weighted by atomic mass is 16.5. The van der Waals surface area contributed by atoms with Crippen LogP contribution in [-0.4, -0.2) is 29.3 Å². The van der Waals surface area contributed by atoms with E-state index in [1.807, 2.05) is 31.2 Å². The van der Waals surface area contributed by atoms with E-state index in [-0.39, 0.29) is 5.91 Å². The van der Waals surface area contributed by atoms with Gasteiger partial charge < -0.3 is 19.3 Å². The van der Waals surface area contributed by atoms with Crippen LogP contribution in [0.25, 0.3) is 0 Å². The van der Waals surface area contributed by atoms with Crippen molar-refractivity contribution in [2.45, 2.75) is 64.3 Å². The van der Waals surface area contributed by atoms with Crippen LogP contribution >= 0.6 is 0 Å². The Morgan fingerprint density at radius 2 is 1.89 bits per heavy atom. The summed E-state index contributed by atoms with van der Waals surface area (Å²) in [6.07, 6.45) is 5.95. The van der Waals surface area contributed by atoms with E-state index in [9.17, 15) is 4.79 Å². The maximum absolute atomic E-state index is 12.6. The molecule has 7 nitrogen and oxygen atoms in total. The normalized spacial score (nSPS) is 15.8. The number of para-hydroxylation sites is 2. The van der Waals surface area contributed by atoms with Crippen LogP contribution in [0.4, 0.5) is 0 Å². The van der Waals surface area contributed by atoms with Gasteiger partial charge in [-0.05, 0) is 38.3 Å². The first-order valence-electron chi connectivity index (χ1n) is 10.1. The standard InChI is InChI=1S/C21H29N3O4/c1-3-26-17-10-5-6-11-18(17)27-15-9-12-19(25)23-21(13-7-4-8-14-21)20-22-16(2)28-24-20/h5-6,10-11H,3-4,7-9,12-15H2,1-2H3,(H,23,25). The van der Waals surface area contributed by atoms with Crippen LogP contribution < -0.4 is 14.8 Å². The van der Waals surface area contributed by atoms with Gasteiger partial charge in [0.2, 0.25) is 11.8 Å². The first kappa shape index (κ1) is 20.2. The van der Waals surface area contributed by atoms with Crippen molar-refractivity contribution in [1.29, 1.82) is 0 Å². The molecule has 0 spiro atoms. The second-order valence-electron chi connectivity index (χ2n) is 7.16. The SMILES string of the molecule is CCOc1ccccc1OCCCC(=O)NC1(c2noc(C)n2)CCCCC1. The van der Waals surface area contributed by atoms with E-state index < -0.39 is 5.54 Å². The third-order valence-electron chi connectivity index (χ3n) is 5.00. The van der Waals surface area contributed by atoms with Gasteiger partial charge in [0.05, 0.1) is 13.2 Å². The molecule has 1 N–H and O–H groups in total. The minimum Gasteiger partial charge on any atom is -0.490 e. The molecule has 1 aromatic carbocycles. The summed E-state index contributed by atoms with van der Waals surface area (Å²) in [6, 6.07) is 7.57. The van der Waals surface area contributed by atoms with Gasteiger partial charge >= 0.3 is 0 Å². The molecule has 1 heterocycles. The summed E-state index contributed by atoms with van der Waals surface area (Å²) in [7, 11) is 0. The zero-order valence-electron chi connectivity index (χ0n) is 16.7. The van der Waals surface area contributed by atoms with Crippen LogP contribution in [0, 0.1) is 6.92 Å². The summed E-state index contributed by atoms with van der Waals surface area (Å²) in [5.41, 5.74) is -0.504. The van der Waals surface area contributed by atoms with Crippen LogP contribution in [0.1, 0.15) is 63.6 Å². The van der Waals surface area contributed by atoms with Crippen LogP contribution in [0.3, 0.4) is 0 Å². The minimum atomic E-state index is -0.504. The average molecular weight is 387 g/mol. The zero-order valence-corrected chi connectivity index (χ0v) is 16.7. The van der Waals surface area contributed by atoms with Gasteiger partial charge in [-0.25, -0.2) is 0 Å². The molecule has 0 aliphatic heterocycles. The molecular formula is C21H29N3O4. The number of hydrogen-bond donors (Lipinski definition) is 1. The van der Waals surface area contributed by atoms with Gasteiger partial charge in [-0.15, -0.1) is 0 Å². The number of rotatable bonds is 9. The van der Waals surface area contributed by atoms with Crippen LogP contribution in [0.5, 0.6) is 11.5 Å². The number of carbonyl (C=O) groups is 1. The summed E-state index contributed by atoms with van der Waals surface area (Å²) in [6.45, 7) is 4.74. The molecule has 0 radical (unpaired) electrons. The molecule has 1 aliphatic carbocycles. The van der Waals surface area contributed by atoms with Gasteiger partial charge in [0.15, 0.2) is 17.3 Å². The summed E-state index contributed by atoms with van der Waals surface area (Å²) in [5, 5.41) is 7.28. The number of amides is 1. The van der Waals surface area contributed by atoms with E-state index in [1.165, 1.54) is 6.42 Å². The van der Waals surface area contributed by atoms with Crippen LogP contribution in [-0.2, 0) is 10.3 Å². The summed E-state index contributed by atoms with van der Waals surface area (Å²) in [4.78, 5) is 17.0. The van der Waals surface area contributed by atoms with Gasteiger partial charge in [0.25, 0.3) is 0 Å². The van der Waals surface area contributed by atoms with Crippen molar-refractivity contribution in [2.75, 3.05) is 13.2 Å². The maximum atomic E-state index is 12.6. The Kier molecular flexibility index (Phi) is 6.90. The number of aryl methyl sites for hydroxylation is 1. The highest BCUT2D eigenvalue weighted by molar-refractivity contribution is 5.76. The third-order valence-corrected chi connectivity index (χ3v) is 5.00. The van der Waals surface area contributed by atoms with Crippen molar-refractivity contribution >= 4 is 5.91 Å². The molecule has 1 amide bonds. The van der Waals surface area contributed by atoms with Gasteiger partial charge in [0, 0.05) is 13.3 Å². The largest absolute Gasteiger partial charge is 0.490 e. The van der Waals surface area contributed by atoms with Crippen molar-refractivity contribution in [2.24, 2.45) is 0 Å². The Balaban J connectivity index is 1.52. The second-order valence-corrected chi connectivity index (χ2v) is 7.16. The Morgan fingerprint density at radius 3 is 2.54 bits per heavy atom. The Bertz CT molecular complexity index is 769. The molecule has 0 atom stereocenters.